The van der Waals surface area contributed by atoms with E-state index in [2.05, 4.69) is 4.90 Å². The van der Waals surface area contributed by atoms with Crippen LogP contribution in [0.3, 0.4) is 0 Å². The van der Waals surface area contributed by atoms with Gasteiger partial charge in [-0.1, -0.05) is 6.07 Å². The van der Waals surface area contributed by atoms with Crippen molar-refractivity contribution >= 4 is 0 Å². The summed E-state index contributed by atoms with van der Waals surface area (Å²) in [5.74, 6) is 0.915. The van der Waals surface area contributed by atoms with E-state index in [-0.39, 0.29) is 5.75 Å². The molecule has 0 aliphatic heterocycles. The molecule has 0 bridgehead atoms. The molecular weight excluding hydrogens is 270 g/mol. The molecule has 0 heterocycles. The average molecular weight is 297 g/mol. The first kappa shape index (κ1) is 17.8. The van der Waals surface area contributed by atoms with E-state index in [0.717, 1.165) is 18.7 Å². The number of rotatable bonds is 11. The fourth-order valence-corrected chi connectivity index (χ4v) is 1.99. The van der Waals surface area contributed by atoms with Gasteiger partial charge in [0.1, 0.15) is 11.5 Å². The van der Waals surface area contributed by atoms with E-state index in [0.29, 0.717) is 38.7 Å². The summed E-state index contributed by atoms with van der Waals surface area (Å²) in [5, 5.41) is 10.0. The van der Waals surface area contributed by atoms with Crippen LogP contribution >= 0.6 is 0 Å². The maximum Gasteiger partial charge on any atom is 0.123 e. The zero-order chi connectivity index (χ0) is 15.5. The molecule has 0 aliphatic rings. The van der Waals surface area contributed by atoms with Crippen molar-refractivity contribution in [2.24, 2.45) is 0 Å². The van der Waals surface area contributed by atoms with Crippen molar-refractivity contribution < 1.29 is 19.3 Å². The fraction of sp³-hybridized carbons (Fsp3) is 0.625. The van der Waals surface area contributed by atoms with Crippen LogP contribution in [0.4, 0.5) is 0 Å². The van der Waals surface area contributed by atoms with E-state index in [1.54, 1.807) is 13.2 Å². The smallest absolute Gasteiger partial charge is 0.123 e. The molecule has 0 aromatic heterocycles. The molecule has 0 spiro atoms. The molecule has 0 fully saturated rings. The van der Waals surface area contributed by atoms with Gasteiger partial charge in [0, 0.05) is 44.5 Å². The van der Waals surface area contributed by atoms with Crippen molar-refractivity contribution in [2.75, 3.05) is 46.6 Å². The standard InChI is InChI=1S/C16H27NO4/c1-4-20-10-8-17(9-11-21-5-2)13-14-6-7-15(19-3)12-16(14)18/h6-7,12,18H,4-5,8-11,13H2,1-3H3. The van der Waals surface area contributed by atoms with Crippen molar-refractivity contribution in [3.63, 3.8) is 0 Å². The fourth-order valence-electron chi connectivity index (χ4n) is 1.99. The highest BCUT2D eigenvalue weighted by Crippen LogP contribution is 2.24. The number of hydrogen-bond donors (Lipinski definition) is 1. The Labute approximate surface area is 127 Å². The number of ether oxygens (including phenoxy) is 3. The summed E-state index contributed by atoms with van der Waals surface area (Å²) in [5.41, 5.74) is 0.879. The third-order valence-corrected chi connectivity index (χ3v) is 3.20. The van der Waals surface area contributed by atoms with Crippen molar-refractivity contribution in [3.05, 3.63) is 23.8 Å². The second-order valence-corrected chi connectivity index (χ2v) is 4.66. The number of nitrogens with zero attached hydrogens (tertiary/aromatic N) is 1. The molecule has 120 valence electrons. The predicted molar refractivity (Wildman–Crippen MR) is 82.9 cm³/mol. The zero-order valence-electron chi connectivity index (χ0n) is 13.3. The molecule has 5 nitrogen and oxygen atoms in total. The minimum absolute atomic E-state index is 0.257. The van der Waals surface area contributed by atoms with Crippen LogP contribution in [0.25, 0.3) is 0 Å². The van der Waals surface area contributed by atoms with Crippen LogP contribution in [-0.2, 0) is 16.0 Å². The van der Waals surface area contributed by atoms with Crippen LogP contribution in [0.1, 0.15) is 19.4 Å². The maximum absolute atomic E-state index is 10.0. The summed E-state index contributed by atoms with van der Waals surface area (Å²) in [4.78, 5) is 2.22. The van der Waals surface area contributed by atoms with Gasteiger partial charge >= 0.3 is 0 Å². The molecule has 1 aromatic carbocycles. The highest BCUT2D eigenvalue weighted by molar-refractivity contribution is 5.39. The molecule has 1 rings (SSSR count). The lowest BCUT2D eigenvalue weighted by molar-refractivity contribution is 0.0794. The van der Waals surface area contributed by atoms with Crippen molar-refractivity contribution in [3.8, 4) is 11.5 Å². The van der Waals surface area contributed by atoms with E-state index in [4.69, 9.17) is 14.2 Å². The summed E-state index contributed by atoms with van der Waals surface area (Å²) in [6, 6.07) is 5.39. The largest absolute Gasteiger partial charge is 0.507 e. The topological polar surface area (TPSA) is 51.2 Å². The van der Waals surface area contributed by atoms with Crippen LogP contribution in [0.15, 0.2) is 18.2 Å². The second-order valence-electron chi connectivity index (χ2n) is 4.66. The van der Waals surface area contributed by atoms with Gasteiger partial charge in [0.25, 0.3) is 0 Å². The lowest BCUT2D eigenvalue weighted by Crippen LogP contribution is -2.30. The molecule has 0 aliphatic carbocycles. The Morgan fingerprint density at radius 1 is 1.05 bits per heavy atom. The molecule has 5 heteroatoms. The predicted octanol–water partition coefficient (Wildman–Crippen LogP) is 2.28. The summed E-state index contributed by atoms with van der Waals surface area (Å²) in [6.07, 6.45) is 0. The van der Waals surface area contributed by atoms with E-state index >= 15 is 0 Å². The molecule has 1 N–H and O–H groups in total. The van der Waals surface area contributed by atoms with Crippen molar-refractivity contribution in [2.45, 2.75) is 20.4 Å². The lowest BCUT2D eigenvalue weighted by Gasteiger charge is -2.22. The second kappa shape index (κ2) is 10.4. The van der Waals surface area contributed by atoms with Gasteiger partial charge in [-0.15, -0.1) is 0 Å². The van der Waals surface area contributed by atoms with Crippen LogP contribution < -0.4 is 4.74 Å². The van der Waals surface area contributed by atoms with Crippen LogP contribution in [0.2, 0.25) is 0 Å². The highest BCUT2D eigenvalue weighted by atomic mass is 16.5. The Morgan fingerprint density at radius 3 is 2.14 bits per heavy atom. The minimum atomic E-state index is 0.257. The van der Waals surface area contributed by atoms with Crippen LogP contribution in [-0.4, -0.2) is 56.6 Å². The van der Waals surface area contributed by atoms with Crippen molar-refractivity contribution in [1.82, 2.24) is 4.90 Å². The number of benzene rings is 1. The van der Waals surface area contributed by atoms with Crippen LogP contribution in [0, 0.1) is 0 Å². The van der Waals surface area contributed by atoms with Crippen molar-refractivity contribution in [1.29, 1.82) is 0 Å². The first-order valence-corrected chi connectivity index (χ1v) is 7.45. The highest BCUT2D eigenvalue weighted by Gasteiger charge is 2.10. The Morgan fingerprint density at radius 2 is 1.67 bits per heavy atom. The Balaban J connectivity index is 2.60. The number of phenolic OH excluding ortho intramolecular Hbond substituents is 1. The molecule has 1 aromatic rings. The van der Waals surface area contributed by atoms with Gasteiger partial charge in [-0.25, -0.2) is 0 Å². The van der Waals surface area contributed by atoms with E-state index in [1.807, 2.05) is 26.0 Å². The van der Waals surface area contributed by atoms with E-state index < -0.39 is 0 Å². The first-order valence-electron chi connectivity index (χ1n) is 7.45. The molecule has 21 heavy (non-hydrogen) atoms. The van der Waals surface area contributed by atoms with Gasteiger partial charge in [0.15, 0.2) is 0 Å². The molecular formula is C16H27NO4. The van der Waals surface area contributed by atoms with Crippen LogP contribution in [0.5, 0.6) is 11.5 Å². The SMILES string of the molecule is CCOCCN(CCOCC)Cc1ccc(OC)cc1O. The minimum Gasteiger partial charge on any atom is -0.507 e. The molecule has 0 atom stereocenters. The molecule has 0 amide bonds. The van der Waals surface area contributed by atoms with E-state index in [9.17, 15) is 5.11 Å². The summed E-state index contributed by atoms with van der Waals surface area (Å²) < 4.78 is 15.9. The number of methoxy groups -OCH3 is 1. The summed E-state index contributed by atoms with van der Waals surface area (Å²) in [7, 11) is 1.59. The summed E-state index contributed by atoms with van der Waals surface area (Å²) in [6.45, 7) is 9.05. The average Bonchev–Trinajstić information content (AvgIpc) is 2.49. The van der Waals surface area contributed by atoms with Gasteiger partial charge in [0.2, 0.25) is 0 Å². The maximum atomic E-state index is 10.0. The number of hydrogen-bond acceptors (Lipinski definition) is 5. The Kier molecular flexibility index (Phi) is 8.82. The van der Waals surface area contributed by atoms with Gasteiger partial charge < -0.3 is 19.3 Å². The Hall–Kier alpha value is -1.30. The molecule has 0 radical (unpaired) electrons. The lowest BCUT2D eigenvalue weighted by atomic mass is 10.1. The third kappa shape index (κ3) is 6.80. The van der Waals surface area contributed by atoms with E-state index in [1.165, 1.54) is 0 Å². The Bertz CT molecular complexity index is 388. The first-order chi connectivity index (χ1) is 10.2. The monoisotopic (exact) mass is 297 g/mol. The molecule has 0 saturated heterocycles. The van der Waals surface area contributed by atoms with Gasteiger partial charge in [-0.3, -0.25) is 4.90 Å². The summed E-state index contributed by atoms with van der Waals surface area (Å²) >= 11 is 0. The number of aromatic hydroxyl groups is 1. The molecule has 0 unspecified atom stereocenters. The van der Waals surface area contributed by atoms with Gasteiger partial charge in [-0.2, -0.15) is 0 Å². The number of phenols is 1. The third-order valence-electron chi connectivity index (χ3n) is 3.20. The zero-order valence-corrected chi connectivity index (χ0v) is 13.3. The quantitative estimate of drug-likeness (QED) is 0.635. The van der Waals surface area contributed by atoms with Gasteiger partial charge in [-0.05, 0) is 19.9 Å². The van der Waals surface area contributed by atoms with Gasteiger partial charge in [0.05, 0.1) is 20.3 Å². The normalized spacial score (nSPS) is 11.0. The molecule has 0 saturated carbocycles.